The topological polar surface area (TPSA) is 67.4 Å². The van der Waals surface area contributed by atoms with Gasteiger partial charge in [0, 0.05) is 16.9 Å². The maximum atomic E-state index is 13.0. The molecular weight excluding hydrogens is 424 g/mol. The predicted molar refractivity (Wildman–Crippen MR) is 139 cm³/mol. The van der Waals surface area contributed by atoms with Gasteiger partial charge in [-0.15, -0.1) is 0 Å². The summed E-state index contributed by atoms with van der Waals surface area (Å²) in [6, 6.07) is 20.7. The SMILES string of the molecule is CCc1ccccc1NC(=O)COc1ccc(C(=O)Nc2c(C(C)C)cccc2C(C)C)cc1. The van der Waals surface area contributed by atoms with Gasteiger partial charge in [0.1, 0.15) is 5.75 Å². The van der Waals surface area contributed by atoms with Gasteiger partial charge >= 0.3 is 0 Å². The maximum absolute atomic E-state index is 13.0. The fraction of sp³-hybridized carbons (Fsp3) is 0.310. The van der Waals surface area contributed by atoms with E-state index in [0.717, 1.165) is 34.5 Å². The second-order valence-corrected chi connectivity index (χ2v) is 8.95. The molecule has 0 aliphatic heterocycles. The summed E-state index contributed by atoms with van der Waals surface area (Å²) >= 11 is 0. The lowest BCUT2D eigenvalue weighted by Gasteiger charge is -2.20. The first-order valence-corrected chi connectivity index (χ1v) is 11.8. The number of hydrogen-bond donors (Lipinski definition) is 2. The number of nitrogens with one attached hydrogen (secondary N) is 2. The van der Waals surface area contributed by atoms with E-state index in [1.807, 2.05) is 37.3 Å². The van der Waals surface area contributed by atoms with E-state index in [9.17, 15) is 9.59 Å². The first-order valence-electron chi connectivity index (χ1n) is 11.8. The molecule has 0 heterocycles. The standard InChI is InChI=1S/C29H34N2O3/c1-6-21-10-7-8-13-26(21)30-27(32)18-34-23-16-14-22(15-17-23)29(33)31-28-24(19(2)3)11-9-12-25(28)20(4)5/h7-17,19-20H,6,18H2,1-5H3,(H,30,32)(H,31,33). The molecule has 0 atom stereocenters. The number of ether oxygens (including phenoxy) is 1. The van der Waals surface area contributed by atoms with Crippen LogP contribution in [0.1, 0.15) is 73.5 Å². The lowest BCUT2D eigenvalue weighted by atomic mass is 9.92. The summed E-state index contributed by atoms with van der Waals surface area (Å²) in [5, 5.41) is 6.01. The molecule has 0 aliphatic carbocycles. The molecular formula is C29H34N2O3. The van der Waals surface area contributed by atoms with Gasteiger partial charge in [-0.3, -0.25) is 9.59 Å². The minimum atomic E-state index is -0.228. The number of anilines is 2. The van der Waals surface area contributed by atoms with E-state index in [2.05, 4.69) is 50.5 Å². The molecule has 3 aromatic rings. The summed E-state index contributed by atoms with van der Waals surface area (Å²) < 4.78 is 5.62. The third-order valence-corrected chi connectivity index (χ3v) is 5.77. The highest BCUT2D eigenvalue weighted by Gasteiger charge is 2.17. The number of rotatable bonds is 9. The minimum absolute atomic E-state index is 0.108. The summed E-state index contributed by atoms with van der Waals surface area (Å²) in [7, 11) is 0. The summed E-state index contributed by atoms with van der Waals surface area (Å²) in [4.78, 5) is 25.3. The summed E-state index contributed by atoms with van der Waals surface area (Å²) in [6.07, 6.45) is 0.834. The number of para-hydroxylation sites is 2. The van der Waals surface area contributed by atoms with E-state index in [1.165, 1.54) is 0 Å². The van der Waals surface area contributed by atoms with Crippen molar-refractivity contribution >= 4 is 23.2 Å². The van der Waals surface area contributed by atoms with Crippen LogP contribution in [0.5, 0.6) is 5.75 Å². The minimum Gasteiger partial charge on any atom is -0.484 e. The zero-order valence-corrected chi connectivity index (χ0v) is 20.6. The Labute approximate surface area is 202 Å². The third kappa shape index (κ3) is 6.25. The van der Waals surface area contributed by atoms with Crippen molar-refractivity contribution in [1.29, 1.82) is 0 Å². The second-order valence-electron chi connectivity index (χ2n) is 8.95. The molecule has 5 nitrogen and oxygen atoms in total. The Kier molecular flexibility index (Phi) is 8.47. The van der Waals surface area contributed by atoms with Crippen molar-refractivity contribution in [2.24, 2.45) is 0 Å². The molecule has 5 heteroatoms. The molecule has 0 unspecified atom stereocenters. The van der Waals surface area contributed by atoms with E-state index in [4.69, 9.17) is 4.74 Å². The van der Waals surface area contributed by atoms with Crippen LogP contribution in [0.4, 0.5) is 11.4 Å². The number of hydrogen-bond acceptors (Lipinski definition) is 3. The Morgan fingerprint density at radius 2 is 1.41 bits per heavy atom. The smallest absolute Gasteiger partial charge is 0.262 e. The van der Waals surface area contributed by atoms with E-state index in [0.29, 0.717) is 23.1 Å². The van der Waals surface area contributed by atoms with Gasteiger partial charge in [-0.1, -0.05) is 71.0 Å². The molecule has 3 rings (SSSR count). The van der Waals surface area contributed by atoms with Gasteiger partial charge in [-0.05, 0) is 65.3 Å². The molecule has 0 fully saturated rings. The van der Waals surface area contributed by atoms with Crippen LogP contribution in [0.2, 0.25) is 0 Å². The number of benzene rings is 3. The highest BCUT2D eigenvalue weighted by Crippen LogP contribution is 2.32. The lowest BCUT2D eigenvalue weighted by Crippen LogP contribution is -2.21. The van der Waals surface area contributed by atoms with Crippen LogP contribution in [0.25, 0.3) is 0 Å². The van der Waals surface area contributed by atoms with Crippen LogP contribution < -0.4 is 15.4 Å². The molecule has 0 bridgehead atoms. The van der Waals surface area contributed by atoms with E-state index in [1.54, 1.807) is 24.3 Å². The average molecular weight is 459 g/mol. The second kappa shape index (κ2) is 11.5. The first-order chi connectivity index (χ1) is 16.3. The molecule has 0 saturated carbocycles. The van der Waals surface area contributed by atoms with Gasteiger partial charge in [0.25, 0.3) is 11.8 Å². The largest absolute Gasteiger partial charge is 0.484 e. The Morgan fingerprint density at radius 3 is 2.00 bits per heavy atom. The Balaban J connectivity index is 1.64. The predicted octanol–water partition coefficient (Wildman–Crippen LogP) is 6.77. The third-order valence-electron chi connectivity index (χ3n) is 5.77. The Morgan fingerprint density at radius 1 is 0.794 bits per heavy atom. The van der Waals surface area contributed by atoms with Gasteiger partial charge in [-0.2, -0.15) is 0 Å². The van der Waals surface area contributed by atoms with E-state index in [-0.39, 0.29) is 18.4 Å². The molecule has 3 aromatic carbocycles. The number of carbonyl (C=O) groups is 2. The van der Waals surface area contributed by atoms with E-state index >= 15 is 0 Å². The van der Waals surface area contributed by atoms with Gasteiger partial charge in [0.15, 0.2) is 6.61 Å². The van der Waals surface area contributed by atoms with Gasteiger partial charge in [0.2, 0.25) is 0 Å². The van der Waals surface area contributed by atoms with Gasteiger partial charge < -0.3 is 15.4 Å². The zero-order valence-electron chi connectivity index (χ0n) is 20.6. The molecule has 0 radical (unpaired) electrons. The zero-order chi connectivity index (χ0) is 24.7. The molecule has 0 saturated heterocycles. The molecule has 178 valence electrons. The maximum Gasteiger partial charge on any atom is 0.262 e. The van der Waals surface area contributed by atoms with Crippen molar-refractivity contribution in [3.63, 3.8) is 0 Å². The Hall–Kier alpha value is -3.60. The fourth-order valence-corrected chi connectivity index (χ4v) is 3.87. The van der Waals surface area contributed by atoms with Crippen molar-refractivity contribution < 1.29 is 14.3 Å². The monoisotopic (exact) mass is 458 g/mol. The molecule has 0 aliphatic rings. The highest BCUT2D eigenvalue weighted by molar-refractivity contribution is 6.05. The van der Waals surface area contributed by atoms with Gasteiger partial charge in [-0.25, -0.2) is 0 Å². The number of carbonyl (C=O) groups excluding carboxylic acids is 2. The quantitative estimate of drug-likeness (QED) is 0.372. The lowest BCUT2D eigenvalue weighted by molar-refractivity contribution is -0.118. The summed E-state index contributed by atoms with van der Waals surface area (Å²) in [5.74, 6) is 0.714. The van der Waals surface area contributed by atoms with Crippen LogP contribution in [-0.2, 0) is 11.2 Å². The van der Waals surface area contributed by atoms with Gasteiger partial charge in [0.05, 0.1) is 0 Å². The highest BCUT2D eigenvalue weighted by atomic mass is 16.5. The van der Waals surface area contributed by atoms with Crippen LogP contribution in [0, 0.1) is 0 Å². The average Bonchev–Trinajstić information content (AvgIpc) is 2.83. The fourth-order valence-electron chi connectivity index (χ4n) is 3.87. The molecule has 2 amide bonds. The molecule has 0 aromatic heterocycles. The van der Waals surface area contributed by atoms with E-state index < -0.39 is 0 Å². The van der Waals surface area contributed by atoms with Crippen molar-refractivity contribution in [2.45, 2.75) is 52.9 Å². The van der Waals surface area contributed by atoms with Crippen molar-refractivity contribution in [3.8, 4) is 5.75 Å². The number of aryl methyl sites for hydroxylation is 1. The molecule has 0 spiro atoms. The van der Waals surface area contributed by atoms with Crippen LogP contribution in [0.3, 0.4) is 0 Å². The van der Waals surface area contributed by atoms with Crippen molar-refractivity contribution in [2.75, 3.05) is 17.2 Å². The van der Waals surface area contributed by atoms with Crippen LogP contribution in [0.15, 0.2) is 66.7 Å². The van der Waals surface area contributed by atoms with Crippen molar-refractivity contribution in [1.82, 2.24) is 0 Å². The summed E-state index contributed by atoms with van der Waals surface area (Å²) in [6.45, 7) is 10.4. The van der Waals surface area contributed by atoms with Crippen LogP contribution >= 0.6 is 0 Å². The molecule has 34 heavy (non-hydrogen) atoms. The Bertz CT molecular complexity index is 1110. The normalized spacial score (nSPS) is 10.9. The summed E-state index contributed by atoms with van der Waals surface area (Å²) in [5.41, 5.74) is 5.54. The van der Waals surface area contributed by atoms with Crippen molar-refractivity contribution in [3.05, 3.63) is 89.0 Å². The van der Waals surface area contributed by atoms with Crippen LogP contribution in [-0.4, -0.2) is 18.4 Å². The number of amides is 2. The molecule has 2 N–H and O–H groups in total. The first kappa shape index (κ1) is 25.0.